The van der Waals surface area contributed by atoms with Crippen LogP contribution in [-0.4, -0.2) is 19.0 Å². The van der Waals surface area contributed by atoms with Crippen molar-refractivity contribution < 1.29 is 4.79 Å². The minimum absolute atomic E-state index is 0. The molecule has 0 radical (unpaired) electrons. The van der Waals surface area contributed by atoms with E-state index in [9.17, 15) is 4.79 Å². The monoisotopic (exact) mass is 308 g/mol. The number of piperidine rings is 1. The molecule has 1 saturated carbocycles. The molecule has 2 aliphatic rings. The number of halogens is 1. The Kier molecular flexibility index (Phi) is 6.07. The van der Waals surface area contributed by atoms with Gasteiger partial charge < -0.3 is 10.6 Å². The van der Waals surface area contributed by atoms with Crippen molar-refractivity contribution in [1.82, 2.24) is 10.6 Å². The molecule has 1 unspecified atom stereocenters. The maximum Gasteiger partial charge on any atom is 0.220 e. The van der Waals surface area contributed by atoms with Crippen LogP contribution < -0.4 is 10.6 Å². The highest BCUT2D eigenvalue weighted by atomic mass is 35.5. The van der Waals surface area contributed by atoms with Gasteiger partial charge >= 0.3 is 0 Å². The standard InChI is InChI=1S/C17H24N2O.ClH/c20-16(12-13-8-10-18-11-9-13)19-17(15-6-7-15)14-4-2-1-3-5-14;/h1-5,13,15,17-18H,6-12H2,(H,19,20);1H. The number of carbonyl (C=O) groups excluding carboxylic acids is 1. The van der Waals surface area contributed by atoms with E-state index in [0.29, 0.717) is 18.3 Å². The summed E-state index contributed by atoms with van der Waals surface area (Å²) in [5.41, 5.74) is 1.26. The van der Waals surface area contributed by atoms with E-state index in [0.717, 1.165) is 25.9 Å². The fourth-order valence-electron chi connectivity index (χ4n) is 3.14. The summed E-state index contributed by atoms with van der Waals surface area (Å²) < 4.78 is 0. The van der Waals surface area contributed by atoms with Crippen LogP contribution in [0.3, 0.4) is 0 Å². The molecule has 1 aromatic rings. The van der Waals surface area contributed by atoms with Crippen LogP contribution in [0.25, 0.3) is 0 Å². The van der Waals surface area contributed by atoms with Gasteiger partial charge in [-0.05, 0) is 56.2 Å². The molecule has 116 valence electrons. The van der Waals surface area contributed by atoms with Crippen LogP contribution in [0.4, 0.5) is 0 Å². The van der Waals surface area contributed by atoms with E-state index in [1.807, 2.05) is 6.07 Å². The van der Waals surface area contributed by atoms with Crippen molar-refractivity contribution in [1.29, 1.82) is 0 Å². The van der Waals surface area contributed by atoms with Gasteiger partial charge in [0, 0.05) is 6.42 Å². The average Bonchev–Trinajstić information content (AvgIpc) is 3.31. The lowest BCUT2D eigenvalue weighted by Crippen LogP contribution is -2.34. The summed E-state index contributed by atoms with van der Waals surface area (Å²) >= 11 is 0. The second-order valence-electron chi connectivity index (χ2n) is 6.19. The maximum absolute atomic E-state index is 12.3. The molecule has 2 fully saturated rings. The second kappa shape index (κ2) is 7.81. The summed E-state index contributed by atoms with van der Waals surface area (Å²) in [7, 11) is 0. The number of hydrogen-bond donors (Lipinski definition) is 2. The highest BCUT2D eigenvalue weighted by molar-refractivity contribution is 5.85. The topological polar surface area (TPSA) is 41.1 Å². The maximum atomic E-state index is 12.3. The fourth-order valence-corrected chi connectivity index (χ4v) is 3.14. The van der Waals surface area contributed by atoms with E-state index in [4.69, 9.17) is 0 Å². The Morgan fingerprint density at radius 1 is 1.14 bits per heavy atom. The van der Waals surface area contributed by atoms with Gasteiger partial charge in [-0.2, -0.15) is 0 Å². The van der Waals surface area contributed by atoms with Crippen molar-refractivity contribution in [2.75, 3.05) is 13.1 Å². The smallest absolute Gasteiger partial charge is 0.220 e. The Balaban J connectivity index is 0.00000161. The van der Waals surface area contributed by atoms with Crippen LogP contribution in [0.1, 0.15) is 43.7 Å². The van der Waals surface area contributed by atoms with Crippen molar-refractivity contribution in [3.8, 4) is 0 Å². The normalized spacial score (nSPS) is 20.4. The molecule has 1 aliphatic heterocycles. The first kappa shape index (κ1) is 16.3. The number of amides is 1. The molecule has 3 nitrogen and oxygen atoms in total. The van der Waals surface area contributed by atoms with Gasteiger partial charge in [0.25, 0.3) is 0 Å². The third-order valence-electron chi connectivity index (χ3n) is 4.50. The number of hydrogen-bond acceptors (Lipinski definition) is 2. The van der Waals surface area contributed by atoms with Crippen molar-refractivity contribution >= 4 is 18.3 Å². The molecule has 4 heteroatoms. The van der Waals surface area contributed by atoms with E-state index in [1.165, 1.54) is 18.4 Å². The first-order valence-electron chi connectivity index (χ1n) is 7.88. The van der Waals surface area contributed by atoms with E-state index in [-0.39, 0.29) is 24.4 Å². The Labute approximate surface area is 133 Å². The molecule has 1 aromatic carbocycles. The Morgan fingerprint density at radius 2 is 1.81 bits per heavy atom. The first-order valence-corrected chi connectivity index (χ1v) is 7.88. The van der Waals surface area contributed by atoms with E-state index in [2.05, 4.69) is 34.9 Å². The molecule has 0 bridgehead atoms. The molecule has 1 heterocycles. The average molecular weight is 309 g/mol. The zero-order valence-electron chi connectivity index (χ0n) is 12.4. The van der Waals surface area contributed by atoms with Crippen LogP contribution in [-0.2, 0) is 4.79 Å². The minimum Gasteiger partial charge on any atom is -0.349 e. The summed E-state index contributed by atoms with van der Waals surface area (Å²) in [6, 6.07) is 10.6. The van der Waals surface area contributed by atoms with Crippen LogP contribution in [0, 0.1) is 11.8 Å². The third kappa shape index (κ3) is 4.72. The number of carbonyl (C=O) groups is 1. The molecule has 21 heavy (non-hydrogen) atoms. The third-order valence-corrected chi connectivity index (χ3v) is 4.50. The second-order valence-corrected chi connectivity index (χ2v) is 6.19. The fraction of sp³-hybridized carbons (Fsp3) is 0.588. The Bertz CT molecular complexity index is 441. The number of nitrogens with one attached hydrogen (secondary N) is 2. The van der Waals surface area contributed by atoms with Gasteiger partial charge in [0.05, 0.1) is 6.04 Å². The quantitative estimate of drug-likeness (QED) is 0.878. The van der Waals surface area contributed by atoms with Crippen LogP contribution in [0.15, 0.2) is 30.3 Å². The van der Waals surface area contributed by atoms with Gasteiger partial charge in [-0.3, -0.25) is 4.79 Å². The van der Waals surface area contributed by atoms with E-state index >= 15 is 0 Å². The van der Waals surface area contributed by atoms with Gasteiger partial charge in [0.1, 0.15) is 0 Å². The van der Waals surface area contributed by atoms with Crippen molar-refractivity contribution in [3.63, 3.8) is 0 Å². The predicted molar refractivity (Wildman–Crippen MR) is 87.5 cm³/mol. The van der Waals surface area contributed by atoms with Gasteiger partial charge in [-0.1, -0.05) is 30.3 Å². The molecule has 3 rings (SSSR count). The highest BCUT2D eigenvalue weighted by Crippen LogP contribution is 2.41. The lowest BCUT2D eigenvalue weighted by molar-refractivity contribution is -0.123. The summed E-state index contributed by atoms with van der Waals surface area (Å²) in [6.07, 6.45) is 5.44. The zero-order chi connectivity index (χ0) is 13.8. The molecule has 0 spiro atoms. The van der Waals surface area contributed by atoms with Crippen LogP contribution in [0.5, 0.6) is 0 Å². The summed E-state index contributed by atoms with van der Waals surface area (Å²) in [6.45, 7) is 2.12. The zero-order valence-corrected chi connectivity index (χ0v) is 13.2. The lowest BCUT2D eigenvalue weighted by atomic mass is 9.93. The molecule has 2 N–H and O–H groups in total. The van der Waals surface area contributed by atoms with Gasteiger partial charge in [0.2, 0.25) is 5.91 Å². The molecule has 1 aliphatic carbocycles. The first-order chi connectivity index (χ1) is 9.83. The Morgan fingerprint density at radius 3 is 2.43 bits per heavy atom. The highest BCUT2D eigenvalue weighted by Gasteiger charge is 2.33. The summed E-state index contributed by atoms with van der Waals surface area (Å²) in [5.74, 6) is 1.44. The molecule has 1 saturated heterocycles. The van der Waals surface area contributed by atoms with E-state index in [1.54, 1.807) is 0 Å². The van der Waals surface area contributed by atoms with Crippen molar-refractivity contribution in [2.24, 2.45) is 11.8 Å². The summed E-state index contributed by atoms with van der Waals surface area (Å²) in [4.78, 5) is 12.3. The summed E-state index contributed by atoms with van der Waals surface area (Å²) in [5, 5.41) is 6.63. The Hall–Kier alpha value is -1.06. The molecular formula is C17H25ClN2O. The van der Waals surface area contributed by atoms with Gasteiger partial charge in [-0.25, -0.2) is 0 Å². The predicted octanol–water partition coefficient (Wildman–Crippen LogP) is 3.07. The minimum atomic E-state index is 0. The lowest BCUT2D eigenvalue weighted by Gasteiger charge is -2.24. The van der Waals surface area contributed by atoms with E-state index < -0.39 is 0 Å². The molecule has 0 aromatic heterocycles. The SMILES string of the molecule is Cl.O=C(CC1CCNCC1)NC(c1ccccc1)C1CC1. The number of benzene rings is 1. The molecule has 1 atom stereocenters. The van der Waals surface area contributed by atoms with Crippen LogP contribution in [0.2, 0.25) is 0 Å². The van der Waals surface area contributed by atoms with Gasteiger partial charge in [-0.15, -0.1) is 12.4 Å². The molecular weight excluding hydrogens is 284 g/mol. The van der Waals surface area contributed by atoms with Crippen LogP contribution >= 0.6 is 12.4 Å². The van der Waals surface area contributed by atoms with Crippen molar-refractivity contribution in [2.45, 2.75) is 38.1 Å². The largest absolute Gasteiger partial charge is 0.349 e. The van der Waals surface area contributed by atoms with Gasteiger partial charge in [0.15, 0.2) is 0 Å². The molecule has 1 amide bonds. The van der Waals surface area contributed by atoms with Crippen molar-refractivity contribution in [3.05, 3.63) is 35.9 Å². The number of rotatable bonds is 5.